The van der Waals surface area contributed by atoms with E-state index in [0.29, 0.717) is 17.0 Å². The fraction of sp³-hybridized carbons (Fsp3) is 0.150. The molecular formula is C20H20N4O6S. The number of rotatable bonds is 8. The van der Waals surface area contributed by atoms with Gasteiger partial charge in [-0.2, -0.15) is 9.97 Å². The third-order valence-corrected chi connectivity index (χ3v) is 5.44. The second kappa shape index (κ2) is 9.30. The molecule has 0 aliphatic heterocycles. The minimum absolute atomic E-state index is 0.0147. The topological polar surface area (TPSA) is 129 Å². The normalized spacial score (nSPS) is 10.8. The second-order valence-corrected chi connectivity index (χ2v) is 7.78. The van der Waals surface area contributed by atoms with Crippen LogP contribution < -0.4 is 24.2 Å². The van der Waals surface area contributed by atoms with E-state index in [1.165, 1.54) is 51.7 Å². The summed E-state index contributed by atoms with van der Waals surface area (Å²) in [4.78, 5) is 20.2. The van der Waals surface area contributed by atoms with Crippen molar-refractivity contribution in [1.82, 2.24) is 9.97 Å². The number of anilines is 2. The van der Waals surface area contributed by atoms with Gasteiger partial charge in [0.2, 0.25) is 5.88 Å². The summed E-state index contributed by atoms with van der Waals surface area (Å²) in [6, 6.07) is 13.6. The molecule has 2 N–H and O–H groups in total. The second-order valence-electron chi connectivity index (χ2n) is 6.10. The molecule has 3 rings (SSSR count). The maximum Gasteiger partial charge on any atom is 0.321 e. The summed E-state index contributed by atoms with van der Waals surface area (Å²) in [6.07, 6.45) is 0. The van der Waals surface area contributed by atoms with Crippen LogP contribution in [0.4, 0.5) is 11.5 Å². The van der Waals surface area contributed by atoms with Gasteiger partial charge in [-0.3, -0.25) is 9.52 Å². The first kappa shape index (κ1) is 21.8. The van der Waals surface area contributed by atoms with E-state index >= 15 is 0 Å². The van der Waals surface area contributed by atoms with Gasteiger partial charge in [0.1, 0.15) is 5.75 Å². The summed E-state index contributed by atoms with van der Waals surface area (Å²) < 4.78 is 42.7. The largest absolute Gasteiger partial charge is 0.497 e. The Morgan fingerprint density at radius 2 is 1.65 bits per heavy atom. The zero-order valence-electron chi connectivity index (χ0n) is 16.9. The minimum Gasteiger partial charge on any atom is -0.497 e. The van der Waals surface area contributed by atoms with E-state index in [4.69, 9.17) is 14.2 Å². The lowest BCUT2D eigenvalue weighted by Gasteiger charge is -2.11. The third-order valence-electron chi connectivity index (χ3n) is 4.07. The molecule has 0 spiro atoms. The molecule has 162 valence electrons. The van der Waals surface area contributed by atoms with Crippen LogP contribution in [0.3, 0.4) is 0 Å². The lowest BCUT2D eigenvalue weighted by Crippen LogP contribution is -2.15. The van der Waals surface area contributed by atoms with Gasteiger partial charge in [-0.25, -0.2) is 8.42 Å². The molecule has 0 bridgehead atoms. The van der Waals surface area contributed by atoms with Gasteiger partial charge in [0.25, 0.3) is 15.9 Å². The summed E-state index contributed by atoms with van der Waals surface area (Å²) >= 11 is 0. The molecule has 0 atom stereocenters. The van der Waals surface area contributed by atoms with Gasteiger partial charge >= 0.3 is 6.01 Å². The number of nitrogens with one attached hydrogen (secondary N) is 2. The lowest BCUT2D eigenvalue weighted by atomic mass is 10.2. The molecule has 0 aliphatic rings. The van der Waals surface area contributed by atoms with E-state index in [1.54, 1.807) is 24.3 Å². The summed E-state index contributed by atoms with van der Waals surface area (Å²) in [5.41, 5.74) is 0.835. The van der Waals surface area contributed by atoms with Gasteiger partial charge in [-0.1, -0.05) is 6.07 Å². The third kappa shape index (κ3) is 5.39. The van der Waals surface area contributed by atoms with Crippen LogP contribution >= 0.6 is 0 Å². The van der Waals surface area contributed by atoms with Crippen molar-refractivity contribution in [1.29, 1.82) is 0 Å². The van der Waals surface area contributed by atoms with E-state index in [2.05, 4.69) is 20.0 Å². The van der Waals surface area contributed by atoms with E-state index in [1.807, 2.05) is 0 Å². The van der Waals surface area contributed by atoms with Crippen LogP contribution in [0.25, 0.3) is 0 Å². The first-order chi connectivity index (χ1) is 14.8. The summed E-state index contributed by atoms with van der Waals surface area (Å²) in [6.45, 7) is 0. The molecule has 0 fully saturated rings. The van der Waals surface area contributed by atoms with Crippen molar-refractivity contribution in [2.45, 2.75) is 4.90 Å². The molecule has 10 nitrogen and oxygen atoms in total. The van der Waals surface area contributed by atoms with Crippen LogP contribution in [-0.2, 0) is 10.0 Å². The fourth-order valence-electron chi connectivity index (χ4n) is 2.53. The first-order valence-corrected chi connectivity index (χ1v) is 10.4. The molecule has 0 radical (unpaired) electrons. The highest BCUT2D eigenvalue weighted by Crippen LogP contribution is 2.22. The number of carbonyl (C=O) groups is 1. The first-order valence-electron chi connectivity index (χ1n) is 8.90. The Kier molecular flexibility index (Phi) is 6.55. The quantitative estimate of drug-likeness (QED) is 0.542. The molecule has 31 heavy (non-hydrogen) atoms. The Labute approximate surface area is 179 Å². The predicted octanol–water partition coefficient (Wildman–Crippen LogP) is 2.56. The molecule has 2 aromatic carbocycles. The number of nitrogens with zero attached hydrogens (tertiary/aromatic N) is 2. The maximum absolute atomic E-state index is 12.7. The predicted molar refractivity (Wildman–Crippen MR) is 113 cm³/mol. The van der Waals surface area contributed by atoms with E-state index in [0.717, 1.165) is 0 Å². The highest BCUT2D eigenvalue weighted by molar-refractivity contribution is 7.92. The van der Waals surface area contributed by atoms with Gasteiger partial charge in [-0.05, 0) is 42.5 Å². The standard InChI is InChI=1S/C20H20N4O6S/c1-28-15-6-4-5-13(11-15)19(25)21-14-7-9-16(10-8-14)31(26,27)24-17-12-18(29-2)23-20(22-17)30-3/h4-12H,1-3H3,(H,21,25)(H,22,23,24). The monoisotopic (exact) mass is 444 g/mol. The Hall–Kier alpha value is -3.86. The Morgan fingerprint density at radius 1 is 0.903 bits per heavy atom. The Morgan fingerprint density at radius 3 is 2.29 bits per heavy atom. The Bertz CT molecular complexity index is 1160. The van der Waals surface area contributed by atoms with Gasteiger partial charge < -0.3 is 19.5 Å². The number of ether oxygens (including phenoxy) is 3. The summed E-state index contributed by atoms with van der Waals surface area (Å²) in [5.74, 6) is 0.324. The molecule has 0 saturated carbocycles. The van der Waals surface area contributed by atoms with Crippen molar-refractivity contribution in [3.8, 4) is 17.6 Å². The molecule has 11 heteroatoms. The lowest BCUT2D eigenvalue weighted by molar-refractivity contribution is 0.102. The van der Waals surface area contributed by atoms with Gasteiger partial charge in [-0.15, -0.1) is 0 Å². The van der Waals surface area contributed by atoms with Crippen molar-refractivity contribution < 1.29 is 27.4 Å². The summed E-state index contributed by atoms with van der Waals surface area (Å²) in [7, 11) is 0.302. The van der Waals surface area contributed by atoms with Crippen LogP contribution in [0.5, 0.6) is 17.6 Å². The van der Waals surface area contributed by atoms with Crippen LogP contribution in [0.2, 0.25) is 0 Å². The zero-order chi connectivity index (χ0) is 22.4. The number of methoxy groups -OCH3 is 3. The van der Waals surface area contributed by atoms with Crippen LogP contribution in [-0.4, -0.2) is 45.6 Å². The maximum atomic E-state index is 12.7. The smallest absolute Gasteiger partial charge is 0.321 e. The van der Waals surface area contributed by atoms with Crippen molar-refractivity contribution in [3.63, 3.8) is 0 Å². The molecule has 0 aliphatic carbocycles. The van der Waals surface area contributed by atoms with Crippen molar-refractivity contribution in [2.24, 2.45) is 0 Å². The zero-order valence-corrected chi connectivity index (χ0v) is 17.8. The highest BCUT2D eigenvalue weighted by atomic mass is 32.2. The van der Waals surface area contributed by atoms with Crippen molar-refractivity contribution in [3.05, 3.63) is 60.2 Å². The number of amides is 1. The average molecular weight is 444 g/mol. The van der Waals surface area contributed by atoms with E-state index < -0.39 is 10.0 Å². The Balaban J connectivity index is 1.75. The van der Waals surface area contributed by atoms with Crippen molar-refractivity contribution >= 4 is 27.4 Å². The number of hydrogen-bond donors (Lipinski definition) is 2. The summed E-state index contributed by atoms with van der Waals surface area (Å²) in [5, 5.41) is 2.70. The minimum atomic E-state index is -3.95. The molecule has 1 heterocycles. The molecular weight excluding hydrogens is 424 g/mol. The van der Waals surface area contributed by atoms with Crippen molar-refractivity contribution in [2.75, 3.05) is 31.4 Å². The van der Waals surface area contributed by atoms with Crippen LogP contribution in [0.15, 0.2) is 59.5 Å². The van der Waals surface area contributed by atoms with E-state index in [9.17, 15) is 13.2 Å². The number of aromatic nitrogens is 2. The number of benzene rings is 2. The average Bonchev–Trinajstić information content (AvgIpc) is 2.78. The van der Waals surface area contributed by atoms with Gasteiger partial charge in [0.15, 0.2) is 5.82 Å². The number of sulfonamides is 1. The van der Waals surface area contributed by atoms with Gasteiger partial charge in [0.05, 0.1) is 26.2 Å². The van der Waals surface area contributed by atoms with E-state index in [-0.39, 0.29) is 28.5 Å². The van der Waals surface area contributed by atoms with Crippen LogP contribution in [0, 0.1) is 0 Å². The molecule has 3 aromatic rings. The molecule has 0 unspecified atom stereocenters. The number of hydrogen-bond acceptors (Lipinski definition) is 8. The fourth-order valence-corrected chi connectivity index (χ4v) is 3.53. The van der Waals surface area contributed by atoms with Crippen LogP contribution in [0.1, 0.15) is 10.4 Å². The molecule has 1 aromatic heterocycles. The number of carbonyl (C=O) groups excluding carboxylic acids is 1. The molecule has 1 amide bonds. The van der Waals surface area contributed by atoms with Gasteiger partial charge in [0, 0.05) is 17.3 Å². The highest BCUT2D eigenvalue weighted by Gasteiger charge is 2.17. The SMILES string of the molecule is COc1cccc(C(=O)Nc2ccc(S(=O)(=O)Nc3cc(OC)nc(OC)n3)cc2)c1. The molecule has 0 saturated heterocycles.